The molecule has 84 valence electrons. The third-order valence-corrected chi connectivity index (χ3v) is 1.63. The van der Waals surface area contributed by atoms with Crippen molar-refractivity contribution in [2.75, 3.05) is 6.54 Å². The van der Waals surface area contributed by atoms with Gasteiger partial charge in [-0.15, -0.1) is 0 Å². The largest absolute Gasteiger partial charge is 0.325 e. The van der Waals surface area contributed by atoms with Crippen LogP contribution < -0.4 is 10.6 Å². The summed E-state index contributed by atoms with van der Waals surface area (Å²) in [5.41, 5.74) is 0.720. The van der Waals surface area contributed by atoms with E-state index in [1.165, 1.54) is 6.20 Å². The lowest BCUT2D eigenvalue weighted by Gasteiger charge is -2.08. The summed E-state index contributed by atoms with van der Waals surface area (Å²) in [6.07, 6.45) is 5.03. The van der Waals surface area contributed by atoms with Gasteiger partial charge in [0, 0.05) is 17.9 Å². The Bertz CT molecular complexity index is 267. The summed E-state index contributed by atoms with van der Waals surface area (Å²) < 4.78 is 0. The second kappa shape index (κ2) is 7.94. The van der Waals surface area contributed by atoms with Gasteiger partial charge in [-0.3, -0.25) is 9.79 Å². The molecule has 4 nitrogen and oxygen atoms in total. The minimum absolute atomic E-state index is 0.0643. The van der Waals surface area contributed by atoms with E-state index in [0.717, 1.165) is 5.70 Å². The predicted octanol–water partition coefficient (Wildman–Crippen LogP) is 1.22. The summed E-state index contributed by atoms with van der Waals surface area (Å²) in [5, 5.41) is 5.77. The Balaban J connectivity index is 4.03. The molecule has 2 N–H and O–H groups in total. The maximum absolute atomic E-state index is 11.4. The van der Waals surface area contributed by atoms with Crippen LogP contribution in [0.5, 0.6) is 0 Å². The molecule has 0 atom stereocenters. The van der Waals surface area contributed by atoms with E-state index in [0.29, 0.717) is 12.6 Å². The molecule has 0 rings (SSSR count). The summed E-state index contributed by atoms with van der Waals surface area (Å²) in [6, 6.07) is 0.301. The zero-order chi connectivity index (χ0) is 11.7. The van der Waals surface area contributed by atoms with Gasteiger partial charge in [0.05, 0.1) is 6.54 Å². The number of hydrogen-bond donors (Lipinski definition) is 2. The van der Waals surface area contributed by atoms with Gasteiger partial charge in [-0.2, -0.15) is 0 Å². The highest BCUT2D eigenvalue weighted by atomic mass is 16.1. The third-order valence-electron chi connectivity index (χ3n) is 1.63. The Morgan fingerprint density at radius 1 is 1.53 bits per heavy atom. The van der Waals surface area contributed by atoms with Gasteiger partial charge in [-0.1, -0.05) is 19.9 Å². The minimum Gasteiger partial charge on any atom is -0.325 e. The van der Waals surface area contributed by atoms with Gasteiger partial charge in [0.15, 0.2) is 0 Å². The average molecular weight is 209 g/mol. The molecule has 0 bridgehead atoms. The van der Waals surface area contributed by atoms with Crippen LogP contribution in [0.4, 0.5) is 0 Å². The number of nitrogens with one attached hydrogen (secondary N) is 2. The van der Waals surface area contributed by atoms with Gasteiger partial charge < -0.3 is 10.6 Å². The number of nitrogens with zero attached hydrogens (tertiary/aromatic N) is 1. The number of allylic oxidation sites excluding steroid dienone is 2. The molecule has 4 heteroatoms. The van der Waals surface area contributed by atoms with Crippen molar-refractivity contribution in [1.82, 2.24) is 10.6 Å². The lowest BCUT2D eigenvalue weighted by Crippen LogP contribution is -2.36. The molecule has 1 amide bonds. The molecule has 0 aliphatic heterocycles. The molecule has 0 aromatic heterocycles. The molecule has 0 aromatic rings. The van der Waals surface area contributed by atoms with Crippen LogP contribution in [-0.4, -0.2) is 25.2 Å². The van der Waals surface area contributed by atoms with Crippen LogP contribution >= 0.6 is 0 Å². The summed E-state index contributed by atoms with van der Waals surface area (Å²) in [5.74, 6) is -0.0643. The number of rotatable bonds is 6. The van der Waals surface area contributed by atoms with Gasteiger partial charge in [0.2, 0.25) is 5.91 Å². The predicted molar refractivity (Wildman–Crippen MR) is 63.7 cm³/mol. The normalized spacial score (nSPS) is 12.1. The fourth-order valence-corrected chi connectivity index (χ4v) is 0.845. The van der Waals surface area contributed by atoms with E-state index in [4.69, 9.17) is 0 Å². The van der Waals surface area contributed by atoms with Gasteiger partial charge in [0.25, 0.3) is 0 Å². The summed E-state index contributed by atoms with van der Waals surface area (Å²) in [6.45, 7) is 9.46. The fourth-order valence-electron chi connectivity index (χ4n) is 0.845. The SMILES string of the molecule is C=N/C=C\C(=C/C)NC(=O)CNC(C)C. The van der Waals surface area contributed by atoms with Crippen molar-refractivity contribution < 1.29 is 4.79 Å². The lowest BCUT2D eigenvalue weighted by molar-refractivity contribution is -0.119. The molecular weight excluding hydrogens is 190 g/mol. The van der Waals surface area contributed by atoms with E-state index < -0.39 is 0 Å². The summed E-state index contributed by atoms with van der Waals surface area (Å²) in [7, 11) is 0. The Morgan fingerprint density at radius 3 is 2.67 bits per heavy atom. The molecule has 0 saturated heterocycles. The van der Waals surface area contributed by atoms with Crippen LogP contribution in [0, 0.1) is 0 Å². The number of amides is 1. The first-order chi connectivity index (χ1) is 7.10. The van der Waals surface area contributed by atoms with Gasteiger partial charge in [-0.25, -0.2) is 0 Å². The van der Waals surface area contributed by atoms with E-state index in [9.17, 15) is 4.79 Å². The maximum atomic E-state index is 11.4. The van der Waals surface area contributed by atoms with E-state index >= 15 is 0 Å². The average Bonchev–Trinajstić information content (AvgIpc) is 2.21. The van der Waals surface area contributed by atoms with Crippen molar-refractivity contribution in [2.45, 2.75) is 26.8 Å². The zero-order valence-electron chi connectivity index (χ0n) is 9.58. The van der Waals surface area contributed by atoms with Crippen LogP contribution in [0.3, 0.4) is 0 Å². The van der Waals surface area contributed by atoms with E-state index in [2.05, 4.69) is 22.3 Å². The molecule has 0 aromatic carbocycles. The van der Waals surface area contributed by atoms with Crippen LogP contribution in [0.15, 0.2) is 29.0 Å². The lowest BCUT2D eigenvalue weighted by atomic mass is 10.3. The Kier molecular flexibility index (Phi) is 7.18. The molecule has 0 aliphatic carbocycles. The minimum atomic E-state index is -0.0643. The summed E-state index contributed by atoms with van der Waals surface area (Å²) >= 11 is 0. The van der Waals surface area contributed by atoms with Crippen molar-refractivity contribution in [3.8, 4) is 0 Å². The molecule has 0 spiro atoms. The standard InChI is InChI=1S/C11H19N3O/c1-5-10(6-7-12-4)14-11(15)8-13-9(2)3/h5-7,9,13H,4,8H2,1-3H3,(H,14,15)/b7-6-,10-5+. The first kappa shape index (κ1) is 13.6. The molecule has 0 unspecified atom stereocenters. The first-order valence-electron chi connectivity index (χ1n) is 4.92. The zero-order valence-corrected chi connectivity index (χ0v) is 9.58. The monoisotopic (exact) mass is 209 g/mol. The summed E-state index contributed by atoms with van der Waals surface area (Å²) in [4.78, 5) is 15.0. The van der Waals surface area contributed by atoms with Crippen LogP contribution in [0.1, 0.15) is 20.8 Å². The Labute approximate surface area is 91.2 Å². The fraction of sp³-hybridized carbons (Fsp3) is 0.455. The van der Waals surface area contributed by atoms with Crippen LogP contribution in [0.25, 0.3) is 0 Å². The van der Waals surface area contributed by atoms with Crippen molar-refractivity contribution >= 4 is 12.6 Å². The number of carbonyl (C=O) groups is 1. The molecule has 0 fully saturated rings. The smallest absolute Gasteiger partial charge is 0.238 e. The molecule has 0 saturated carbocycles. The van der Waals surface area contributed by atoms with E-state index in [1.54, 1.807) is 12.2 Å². The molecule has 15 heavy (non-hydrogen) atoms. The number of aliphatic imine (C=N–C) groups is 1. The molecule has 0 radical (unpaired) electrons. The van der Waals surface area contributed by atoms with Gasteiger partial charge >= 0.3 is 0 Å². The van der Waals surface area contributed by atoms with Crippen molar-refractivity contribution in [3.05, 3.63) is 24.0 Å². The molecular formula is C11H19N3O. The van der Waals surface area contributed by atoms with Crippen molar-refractivity contribution in [2.24, 2.45) is 4.99 Å². The third kappa shape index (κ3) is 7.64. The van der Waals surface area contributed by atoms with Gasteiger partial charge in [-0.05, 0) is 19.7 Å². The highest BCUT2D eigenvalue weighted by molar-refractivity contribution is 5.80. The second-order valence-electron chi connectivity index (χ2n) is 3.33. The molecule has 0 aliphatic rings. The Morgan fingerprint density at radius 2 is 2.20 bits per heavy atom. The second-order valence-corrected chi connectivity index (χ2v) is 3.33. The van der Waals surface area contributed by atoms with Crippen molar-refractivity contribution in [3.63, 3.8) is 0 Å². The van der Waals surface area contributed by atoms with Crippen molar-refractivity contribution in [1.29, 1.82) is 0 Å². The van der Waals surface area contributed by atoms with Crippen LogP contribution in [-0.2, 0) is 4.79 Å². The topological polar surface area (TPSA) is 53.5 Å². The highest BCUT2D eigenvalue weighted by Crippen LogP contribution is 1.91. The highest BCUT2D eigenvalue weighted by Gasteiger charge is 2.02. The Hall–Kier alpha value is -1.42. The molecule has 0 heterocycles. The number of hydrogen-bond acceptors (Lipinski definition) is 3. The van der Waals surface area contributed by atoms with Crippen LogP contribution in [0.2, 0.25) is 0 Å². The number of carbonyl (C=O) groups excluding carboxylic acids is 1. The maximum Gasteiger partial charge on any atom is 0.238 e. The van der Waals surface area contributed by atoms with E-state index in [1.807, 2.05) is 20.8 Å². The first-order valence-corrected chi connectivity index (χ1v) is 4.92. The quantitative estimate of drug-likeness (QED) is 0.510. The van der Waals surface area contributed by atoms with Gasteiger partial charge in [0.1, 0.15) is 0 Å². The van der Waals surface area contributed by atoms with E-state index in [-0.39, 0.29) is 5.91 Å².